The van der Waals surface area contributed by atoms with Crippen LogP contribution in [0.1, 0.15) is 13.3 Å². The molecule has 1 unspecified atom stereocenters. The number of hydrogen-bond acceptors (Lipinski definition) is 2. The first-order valence-corrected chi connectivity index (χ1v) is 4.48. The van der Waals surface area contributed by atoms with Crippen molar-refractivity contribution in [3.05, 3.63) is 22.6 Å². The number of nitrogens with two attached hydrogens (primary N) is 1. The maximum absolute atomic E-state index is 9.40. The molecule has 0 spiro atoms. The maximum Gasteiger partial charge on any atom is 0.139 e. The Hall–Kier alpha value is -1.44. The molecule has 0 heterocycles. The van der Waals surface area contributed by atoms with Gasteiger partial charge in [-0.2, -0.15) is 0 Å². The quantitative estimate of drug-likeness (QED) is 0.447. The third kappa shape index (κ3) is 1.28. The summed E-state index contributed by atoms with van der Waals surface area (Å²) in [5, 5.41) is 11.5. The molecule has 0 aliphatic heterocycles. The lowest BCUT2D eigenvalue weighted by molar-refractivity contribution is 0.477. The monoisotopic (exact) mass is 175 g/mol. The van der Waals surface area contributed by atoms with Crippen molar-refractivity contribution in [1.82, 2.24) is 0 Å². The second-order valence-corrected chi connectivity index (χ2v) is 3.59. The van der Waals surface area contributed by atoms with Crippen molar-refractivity contribution in [1.29, 1.82) is 0 Å². The smallest absolute Gasteiger partial charge is 0.139 e. The topological polar surface area (TPSA) is 46.2 Å². The van der Waals surface area contributed by atoms with E-state index < -0.39 is 0 Å². The number of fused-ring (bicyclic) bond motifs is 1. The van der Waals surface area contributed by atoms with E-state index in [1.54, 1.807) is 6.07 Å². The van der Waals surface area contributed by atoms with Crippen molar-refractivity contribution in [2.45, 2.75) is 13.3 Å². The average Bonchev–Trinajstić information content (AvgIpc) is 2.12. The van der Waals surface area contributed by atoms with Crippen LogP contribution in [0.3, 0.4) is 0 Å². The summed E-state index contributed by atoms with van der Waals surface area (Å²) in [6.45, 7) is 2.14. The van der Waals surface area contributed by atoms with Gasteiger partial charge in [-0.05, 0) is 23.6 Å². The third-order valence-corrected chi connectivity index (χ3v) is 2.46. The van der Waals surface area contributed by atoms with E-state index in [1.807, 2.05) is 6.07 Å². The first kappa shape index (κ1) is 8.17. The highest BCUT2D eigenvalue weighted by molar-refractivity contribution is 5.58. The van der Waals surface area contributed by atoms with Gasteiger partial charge in [-0.1, -0.05) is 25.1 Å². The molecule has 1 atom stereocenters. The summed E-state index contributed by atoms with van der Waals surface area (Å²) in [5.74, 6) is 0.689. The molecule has 0 saturated heterocycles. The van der Waals surface area contributed by atoms with Crippen molar-refractivity contribution in [2.24, 2.45) is 5.92 Å². The number of phenols is 1. The lowest BCUT2D eigenvalue weighted by Gasteiger charge is -2.09. The molecule has 2 heteroatoms. The first-order chi connectivity index (χ1) is 6.18. The summed E-state index contributed by atoms with van der Waals surface area (Å²) in [5.41, 5.74) is 6.26. The molecule has 0 fully saturated rings. The summed E-state index contributed by atoms with van der Waals surface area (Å²) in [7, 11) is 0. The normalized spacial score (nSPS) is 19.9. The Morgan fingerprint density at radius 1 is 1.46 bits per heavy atom. The predicted octanol–water partition coefficient (Wildman–Crippen LogP) is 0.575. The van der Waals surface area contributed by atoms with Crippen molar-refractivity contribution in [3.8, 4) is 5.75 Å². The fraction of sp³-hybridized carbons (Fsp3) is 0.273. The largest absolute Gasteiger partial charge is 0.506 e. The molecule has 2 nitrogen and oxygen atoms in total. The average molecular weight is 175 g/mol. The highest BCUT2D eigenvalue weighted by Crippen LogP contribution is 2.14. The van der Waals surface area contributed by atoms with Gasteiger partial charge in [0, 0.05) is 5.22 Å². The van der Waals surface area contributed by atoms with Gasteiger partial charge >= 0.3 is 0 Å². The van der Waals surface area contributed by atoms with Crippen LogP contribution in [0, 0.1) is 5.92 Å². The minimum absolute atomic E-state index is 0.178. The molecule has 0 saturated carbocycles. The molecule has 0 aromatic heterocycles. The van der Waals surface area contributed by atoms with Crippen LogP contribution >= 0.6 is 0 Å². The van der Waals surface area contributed by atoms with Crippen LogP contribution in [0.15, 0.2) is 12.1 Å². The lowest BCUT2D eigenvalue weighted by atomic mass is 9.98. The van der Waals surface area contributed by atoms with E-state index in [9.17, 15) is 5.11 Å². The molecule has 13 heavy (non-hydrogen) atoms. The van der Waals surface area contributed by atoms with Gasteiger partial charge in [0.15, 0.2) is 0 Å². The van der Waals surface area contributed by atoms with Crippen LogP contribution in [-0.2, 0) is 0 Å². The van der Waals surface area contributed by atoms with Crippen LogP contribution < -0.4 is 16.2 Å². The van der Waals surface area contributed by atoms with Crippen molar-refractivity contribution in [2.75, 3.05) is 5.73 Å². The van der Waals surface area contributed by atoms with Crippen LogP contribution in [-0.4, -0.2) is 5.11 Å². The van der Waals surface area contributed by atoms with Crippen molar-refractivity contribution < 1.29 is 5.11 Å². The van der Waals surface area contributed by atoms with Gasteiger partial charge in [0.25, 0.3) is 0 Å². The van der Waals surface area contributed by atoms with Gasteiger partial charge in [-0.3, -0.25) is 0 Å². The zero-order chi connectivity index (χ0) is 9.42. The molecule has 68 valence electrons. The Morgan fingerprint density at radius 2 is 2.23 bits per heavy atom. The zero-order valence-corrected chi connectivity index (χ0v) is 7.62. The second kappa shape index (κ2) is 2.80. The minimum atomic E-state index is 0.178. The molecule has 1 aliphatic carbocycles. The predicted molar refractivity (Wildman–Crippen MR) is 54.5 cm³/mol. The van der Waals surface area contributed by atoms with Gasteiger partial charge in [0.2, 0.25) is 0 Å². The molecular weight excluding hydrogens is 162 g/mol. The molecule has 0 amide bonds. The Labute approximate surface area is 77.0 Å². The molecule has 1 aromatic rings. The Morgan fingerprint density at radius 3 is 3.00 bits per heavy atom. The highest BCUT2D eigenvalue weighted by Gasteiger charge is 2.05. The number of rotatable bonds is 0. The minimum Gasteiger partial charge on any atom is -0.506 e. The lowest BCUT2D eigenvalue weighted by Crippen LogP contribution is -2.31. The van der Waals surface area contributed by atoms with Gasteiger partial charge < -0.3 is 10.8 Å². The van der Waals surface area contributed by atoms with Gasteiger partial charge in [-0.15, -0.1) is 0 Å². The molecular formula is C11H13NO. The number of benzene rings is 1. The van der Waals surface area contributed by atoms with Gasteiger partial charge in [0.05, 0.1) is 5.69 Å². The van der Waals surface area contributed by atoms with Crippen LogP contribution in [0.5, 0.6) is 5.75 Å². The van der Waals surface area contributed by atoms with Crippen LogP contribution in [0.2, 0.25) is 0 Å². The van der Waals surface area contributed by atoms with E-state index in [0.717, 1.165) is 16.9 Å². The molecule has 1 aliphatic rings. The number of nitrogen functional groups attached to an aromatic ring is 1. The van der Waals surface area contributed by atoms with Crippen molar-refractivity contribution in [3.63, 3.8) is 0 Å². The van der Waals surface area contributed by atoms with Crippen LogP contribution in [0.25, 0.3) is 12.2 Å². The first-order valence-electron chi connectivity index (χ1n) is 4.48. The van der Waals surface area contributed by atoms with E-state index in [4.69, 9.17) is 5.73 Å². The highest BCUT2D eigenvalue weighted by atomic mass is 16.3. The fourth-order valence-electron chi connectivity index (χ4n) is 1.67. The van der Waals surface area contributed by atoms with E-state index in [2.05, 4.69) is 19.1 Å². The third-order valence-electron chi connectivity index (χ3n) is 2.46. The molecule has 1 aromatic carbocycles. The van der Waals surface area contributed by atoms with E-state index in [0.29, 0.717) is 11.6 Å². The Bertz CT molecular complexity index is 448. The maximum atomic E-state index is 9.40. The fourth-order valence-corrected chi connectivity index (χ4v) is 1.67. The summed E-state index contributed by atoms with van der Waals surface area (Å²) in [4.78, 5) is 0. The Kier molecular flexibility index (Phi) is 1.76. The second-order valence-electron chi connectivity index (χ2n) is 3.59. The van der Waals surface area contributed by atoms with E-state index in [-0.39, 0.29) is 5.75 Å². The zero-order valence-electron chi connectivity index (χ0n) is 7.62. The number of phenolic OH excluding ortho intramolecular Hbond substituents is 1. The summed E-state index contributed by atoms with van der Waals surface area (Å²) in [6, 6.07) is 3.55. The molecule has 0 bridgehead atoms. The standard InChI is InChI=1S/C11H13NO/c1-7-2-3-8-4-5-10(13)11(12)9(8)6-7/h3-7,13H,2,12H2,1H3. The van der Waals surface area contributed by atoms with E-state index in [1.165, 1.54) is 0 Å². The molecule has 2 rings (SSSR count). The summed E-state index contributed by atoms with van der Waals surface area (Å²) in [6.07, 6.45) is 5.33. The Balaban J connectivity index is 2.82. The summed E-state index contributed by atoms with van der Waals surface area (Å²) < 4.78 is 0. The number of hydrogen-bond donors (Lipinski definition) is 2. The van der Waals surface area contributed by atoms with E-state index >= 15 is 0 Å². The summed E-state index contributed by atoms with van der Waals surface area (Å²) >= 11 is 0. The van der Waals surface area contributed by atoms with Crippen molar-refractivity contribution >= 4 is 17.8 Å². The van der Waals surface area contributed by atoms with Crippen LogP contribution in [0.4, 0.5) is 5.69 Å². The van der Waals surface area contributed by atoms with Gasteiger partial charge in [-0.25, -0.2) is 0 Å². The number of anilines is 1. The number of aromatic hydroxyl groups is 1. The SMILES string of the molecule is CC1C=c2c(N)c(O)ccc2=CC1. The molecule has 3 N–H and O–H groups in total. The van der Waals surface area contributed by atoms with Gasteiger partial charge in [0.1, 0.15) is 5.75 Å². The molecule has 0 radical (unpaired) electrons.